The number of benzene rings is 1. The molecule has 5 nitrogen and oxygen atoms in total. The normalized spacial score (nSPS) is 17.9. The van der Waals surface area contributed by atoms with Crippen LogP contribution in [-0.2, 0) is 6.54 Å². The molecule has 0 bridgehead atoms. The van der Waals surface area contributed by atoms with Crippen LogP contribution in [0.1, 0.15) is 28.7 Å². The maximum absolute atomic E-state index is 12.8. The summed E-state index contributed by atoms with van der Waals surface area (Å²) in [6.45, 7) is 5.32. The lowest BCUT2D eigenvalue weighted by Gasteiger charge is -2.28. The van der Waals surface area contributed by atoms with Gasteiger partial charge in [0.1, 0.15) is 5.69 Å². The summed E-state index contributed by atoms with van der Waals surface area (Å²) in [6, 6.07) is 8.32. The van der Waals surface area contributed by atoms with Crippen LogP contribution in [0, 0.1) is 6.92 Å². The smallest absolute Gasteiger partial charge is 0.274 e. The van der Waals surface area contributed by atoms with Crippen molar-refractivity contribution >= 4 is 11.6 Å². The summed E-state index contributed by atoms with van der Waals surface area (Å²) >= 11 is 0. The van der Waals surface area contributed by atoms with Crippen LogP contribution < -0.4 is 4.90 Å². The third-order valence-electron chi connectivity index (χ3n) is 4.07. The number of hydrogen-bond acceptors (Lipinski definition) is 4. The molecule has 0 spiro atoms. The minimum Gasteiger partial charge on any atom is -0.372 e. The molecule has 0 radical (unpaired) electrons. The highest BCUT2D eigenvalue weighted by atomic mass is 16.2. The molecule has 0 N–H and O–H groups in total. The fourth-order valence-corrected chi connectivity index (χ4v) is 2.87. The van der Waals surface area contributed by atoms with Crippen molar-refractivity contribution < 1.29 is 4.79 Å². The summed E-state index contributed by atoms with van der Waals surface area (Å²) in [4.78, 5) is 25.3. The summed E-state index contributed by atoms with van der Waals surface area (Å²) in [5.41, 5.74) is 3.55. The lowest BCUT2D eigenvalue weighted by atomic mass is 10.1. The van der Waals surface area contributed by atoms with E-state index in [1.165, 1.54) is 5.69 Å². The molecule has 0 aliphatic carbocycles. The molecule has 3 rings (SSSR count). The Balaban J connectivity index is 1.93. The third kappa shape index (κ3) is 2.66. The largest absolute Gasteiger partial charge is 0.372 e. The first kappa shape index (κ1) is 14.5. The number of carbonyl (C=O) groups excluding carboxylic acids is 1. The minimum absolute atomic E-state index is 0.0647. The number of rotatable bonds is 1. The van der Waals surface area contributed by atoms with E-state index in [9.17, 15) is 4.79 Å². The number of anilines is 1. The van der Waals surface area contributed by atoms with Crippen LogP contribution in [0.5, 0.6) is 0 Å². The van der Waals surface area contributed by atoms with Crippen LogP contribution >= 0.6 is 0 Å². The Morgan fingerprint density at radius 1 is 1.23 bits per heavy atom. The van der Waals surface area contributed by atoms with Gasteiger partial charge in [-0.15, -0.1) is 0 Å². The van der Waals surface area contributed by atoms with Crippen molar-refractivity contribution in [1.82, 2.24) is 14.9 Å². The predicted molar refractivity (Wildman–Crippen MR) is 85.8 cm³/mol. The summed E-state index contributed by atoms with van der Waals surface area (Å²) in [6.07, 6.45) is 3.20. The molecule has 0 fully saturated rings. The Bertz CT molecular complexity index is 683. The average molecular weight is 296 g/mol. The van der Waals surface area contributed by atoms with Gasteiger partial charge in [-0.25, -0.2) is 4.98 Å². The zero-order valence-corrected chi connectivity index (χ0v) is 13.2. The monoisotopic (exact) mass is 296 g/mol. The van der Waals surface area contributed by atoms with Gasteiger partial charge in [0.15, 0.2) is 0 Å². The molecule has 1 aliphatic rings. The molecule has 1 aromatic heterocycles. The first-order chi connectivity index (χ1) is 10.6. The Hall–Kier alpha value is -2.43. The molecule has 22 heavy (non-hydrogen) atoms. The number of para-hydroxylation sites is 1. The van der Waals surface area contributed by atoms with Gasteiger partial charge in [0.25, 0.3) is 5.91 Å². The van der Waals surface area contributed by atoms with Gasteiger partial charge in [-0.05, 0) is 25.5 Å². The van der Waals surface area contributed by atoms with Crippen molar-refractivity contribution in [1.29, 1.82) is 0 Å². The van der Waals surface area contributed by atoms with Crippen molar-refractivity contribution in [3.63, 3.8) is 0 Å². The van der Waals surface area contributed by atoms with E-state index < -0.39 is 0 Å². The van der Waals surface area contributed by atoms with E-state index in [1.54, 1.807) is 12.4 Å². The van der Waals surface area contributed by atoms with Gasteiger partial charge in [0.05, 0.1) is 11.9 Å². The van der Waals surface area contributed by atoms with E-state index in [2.05, 4.69) is 41.0 Å². The standard InChI is InChI=1S/C17H20N4O/c1-12-8-19-15(9-18-12)17(22)21-11-14-6-4-5-7-16(14)20(3)10-13(21)2/h4-9,13H,10-11H2,1-3H3. The molecule has 114 valence electrons. The van der Waals surface area contributed by atoms with E-state index in [0.29, 0.717) is 12.2 Å². The molecule has 2 heterocycles. The molecule has 0 saturated heterocycles. The van der Waals surface area contributed by atoms with E-state index in [0.717, 1.165) is 17.8 Å². The Morgan fingerprint density at radius 3 is 2.73 bits per heavy atom. The van der Waals surface area contributed by atoms with Gasteiger partial charge >= 0.3 is 0 Å². The first-order valence-electron chi connectivity index (χ1n) is 7.45. The summed E-state index contributed by atoms with van der Waals surface area (Å²) in [5, 5.41) is 0. The van der Waals surface area contributed by atoms with Crippen LogP contribution in [0.2, 0.25) is 0 Å². The maximum Gasteiger partial charge on any atom is 0.274 e. The van der Waals surface area contributed by atoms with Crippen LogP contribution in [0.3, 0.4) is 0 Å². The van der Waals surface area contributed by atoms with E-state index in [1.807, 2.05) is 24.0 Å². The van der Waals surface area contributed by atoms with E-state index in [4.69, 9.17) is 0 Å². The zero-order valence-electron chi connectivity index (χ0n) is 13.2. The van der Waals surface area contributed by atoms with Crippen LogP contribution in [0.4, 0.5) is 5.69 Å². The SMILES string of the molecule is Cc1cnc(C(=O)N2Cc3ccccc3N(C)CC2C)cn1. The van der Waals surface area contributed by atoms with Crippen LogP contribution in [-0.4, -0.2) is 40.4 Å². The van der Waals surface area contributed by atoms with Crippen LogP contribution in [0.25, 0.3) is 0 Å². The topological polar surface area (TPSA) is 49.3 Å². The number of fused-ring (bicyclic) bond motifs is 1. The second-order valence-corrected chi connectivity index (χ2v) is 5.83. The lowest BCUT2D eigenvalue weighted by Crippen LogP contribution is -2.42. The van der Waals surface area contributed by atoms with Crippen molar-refractivity contribution in [2.24, 2.45) is 0 Å². The molecular formula is C17H20N4O. The highest BCUT2D eigenvalue weighted by Crippen LogP contribution is 2.26. The van der Waals surface area contributed by atoms with Gasteiger partial charge in [-0.2, -0.15) is 0 Å². The molecule has 1 unspecified atom stereocenters. The number of nitrogens with zero attached hydrogens (tertiary/aromatic N) is 4. The Morgan fingerprint density at radius 2 is 2.00 bits per heavy atom. The van der Waals surface area contributed by atoms with E-state index >= 15 is 0 Å². The van der Waals surface area contributed by atoms with Crippen molar-refractivity contribution in [2.75, 3.05) is 18.5 Å². The van der Waals surface area contributed by atoms with Crippen molar-refractivity contribution in [3.05, 3.63) is 53.6 Å². The van der Waals surface area contributed by atoms with Gasteiger partial charge in [-0.1, -0.05) is 18.2 Å². The molecule has 1 aromatic carbocycles. The fourth-order valence-electron chi connectivity index (χ4n) is 2.87. The van der Waals surface area contributed by atoms with Gasteiger partial charge in [0.2, 0.25) is 0 Å². The number of amides is 1. The molecule has 1 aliphatic heterocycles. The average Bonchev–Trinajstić information content (AvgIpc) is 2.64. The molecule has 0 saturated carbocycles. The van der Waals surface area contributed by atoms with Gasteiger partial charge in [-0.3, -0.25) is 9.78 Å². The zero-order chi connectivity index (χ0) is 15.7. The third-order valence-corrected chi connectivity index (χ3v) is 4.07. The number of carbonyl (C=O) groups is 1. The van der Waals surface area contributed by atoms with E-state index in [-0.39, 0.29) is 11.9 Å². The lowest BCUT2D eigenvalue weighted by molar-refractivity contribution is 0.0680. The highest BCUT2D eigenvalue weighted by molar-refractivity contribution is 5.92. The Kier molecular flexibility index (Phi) is 3.79. The molecule has 1 atom stereocenters. The summed E-state index contributed by atoms with van der Waals surface area (Å²) < 4.78 is 0. The summed E-state index contributed by atoms with van der Waals surface area (Å²) in [5.74, 6) is -0.0647. The molecular weight excluding hydrogens is 276 g/mol. The second kappa shape index (κ2) is 5.75. The molecule has 1 amide bonds. The molecule has 2 aromatic rings. The van der Waals surface area contributed by atoms with Gasteiger partial charge < -0.3 is 9.80 Å². The number of hydrogen-bond donors (Lipinski definition) is 0. The predicted octanol–water partition coefficient (Wildman–Crippen LogP) is 2.27. The minimum atomic E-state index is -0.0647. The fraction of sp³-hybridized carbons (Fsp3) is 0.353. The second-order valence-electron chi connectivity index (χ2n) is 5.83. The molecule has 5 heteroatoms. The summed E-state index contributed by atoms with van der Waals surface area (Å²) in [7, 11) is 2.06. The first-order valence-corrected chi connectivity index (χ1v) is 7.45. The van der Waals surface area contributed by atoms with Crippen molar-refractivity contribution in [2.45, 2.75) is 26.4 Å². The quantitative estimate of drug-likeness (QED) is 0.810. The number of aromatic nitrogens is 2. The maximum atomic E-state index is 12.8. The number of likely N-dealkylation sites (N-methyl/N-ethyl adjacent to an activating group) is 1. The highest BCUT2D eigenvalue weighted by Gasteiger charge is 2.28. The van der Waals surface area contributed by atoms with Crippen molar-refractivity contribution in [3.8, 4) is 0 Å². The number of aryl methyl sites for hydroxylation is 1. The Labute approximate surface area is 130 Å². The van der Waals surface area contributed by atoms with Crippen LogP contribution in [0.15, 0.2) is 36.7 Å². The van der Waals surface area contributed by atoms with Gasteiger partial charge in [0, 0.05) is 38.1 Å².